The number of hydrogen-bond acceptors (Lipinski definition) is 3. The van der Waals surface area contributed by atoms with E-state index in [9.17, 15) is 0 Å². The first kappa shape index (κ1) is 16.3. The molecule has 1 aromatic rings. The minimum atomic E-state index is 0.514. The summed E-state index contributed by atoms with van der Waals surface area (Å²) in [6.07, 6.45) is 2.40. The Morgan fingerprint density at radius 1 is 1.24 bits per heavy atom. The summed E-state index contributed by atoms with van der Waals surface area (Å²) in [6.45, 7) is 13.1. The molecule has 1 aromatic carbocycles. The summed E-state index contributed by atoms with van der Waals surface area (Å²) in [5, 5.41) is 3.41. The van der Waals surface area contributed by atoms with Crippen molar-refractivity contribution >= 4 is 0 Å². The Morgan fingerprint density at radius 2 is 2.00 bits per heavy atom. The van der Waals surface area contributed by atoms with Crippen molar-refractivity contribution in [3.8, 4) is 5.75 Å². The Kier molecular flexibility index (Phi) is 6.52. The third-order valence-electron chi connectivity index (χ3n) is 4.15. The highest BCUT2D eigenvalue weighted by Gasteiger charge is 2.11. The number of hydrogen-bond donors (Lipinski definition) is 1. The van der Waals surface area contributed by atoms with Crippen molar-refractivity contribution in [1.29, 1.82) is 0 Å². The van der Waals surface area contributed by atoms with Crippen LogP contribution in [0, 0.1) is 0 Å². The van der Waals surface area contributed by atoms with Crippen molar-refractivity contribution in [2.75, 3.05) is 39.3 Å². The van der Waals surface area contributed by atoms with E-state index in [1.807, 2.05) is 6.92 Å². The van der Waals surface area contributed by atoms with Gasteiger partial charge in [0.15, 0.2) is 0 Å². The number of benzene rings is 1. The molecule has 1 fully saturated rings. The van der Waals surface area contributed by atoms with Gasteiger partial charge in [-0.25, -0.2) is 0 Å². The second-order valence-corrected chi connectivity index (χ2v) is 6.16. The maximum Gasteiger partial charge on any atom is 0.122 e. The number of piperazine rings is 1. The second kappa shape index (κ2) is 8.40. The Labute approximate surface area is 129 Å². The van der Waals surface area contributed by atoms with Crippen LogP contribution in [-0.2, 0) is 6.42 Å². The van der Waals surface area contributed by atoms with Gasteiger partial charge in [0.05, 0.1) is 6.61 Å². The molecule has 0 atom stereocenters. The highest BCUT2D eigenvalue weighted by Crippen LogP contribution is 2.28. The summed E-state index contributed by atoms with van der Waals surface area (Å²) in [5.74, 6) is 1.57. The van der Waals surface area contributed by atoms with Gasteiger partial charge in [0.2, 0.25) is 0 Å². The van der Waals surface area contributed by atoms with Crippen LogP contribution in [-0.4, -0.2) is 44.2 Å². The summed E-state index contributed by atoms with van der Waals surface area (Å²) in [6, 6.07) is 6.72. The number of rotatable bonds is 7. The summed E-state index contributed by atoms with van der Waals surface area (Å²) < 4.78 is 5.74. The lowest BCUT2D eigenvalue weighted by Crippen LogP contribution is -2.43. The van der Waals surface area contributed by atoms with Gasteiger partial charge in [-0.3, -0.25) is 0 Å². The van der Waals surface area contributed by atoms with Crippen LogP contribution < -0.4 is 10.1 Å². The number of nitrogens with zero attached hydrogens (tertiary/aromatic N) is 1. The van der Waals surface area contributed by atoms with E-state index < -0.39 is 0 Å². The molecule has 2 rings (SSSR count). The molecule has 1 aliphatic rings. The molecule has 0 aromatic heterocycles. The van der Waals surface area contributed by atoms with E-state index in [1.165, 1.54) is 37.2 Å². The molecule has 21 heavy (non-hydrogen) atoms. The largest absolute Gasteiger partial charge is 0.494 e. The van der Waals surface area contributed by atoms with E-state index in [1.54, 1.807) is 0 Å². The van der Waals surface area contributed by atoms with Crippen LogP contribution >= 0.6 is 0 Å². The maximum atomic E-state index is 5.74. The number of aryl methyl sites for hydroxylation is 1. The van der Waals surface area contributed by atoms with E-state index in [0.717, 1.165) is 31.9 Å². The van der Waals surface area contributed by atoms with E-state index in [0.29, 0.717) is 5.92 Å². The van der Waals surface area contributed by atoms with Crippen LogP contribution in [0.1, 0.15) is 44.2 Å². The molecule has 0 spiro atoms. The Bertz CT molecular complexity index is 425. The molecule has 3 heteroatoms. The quantitative estimate of drug-likeness (QED) is 0.835. The van der Waals surface area contributed by atoms with Crippen molar-refractivity contribution in [2.24, 2.45) is 0 Å². The molecule has 118 valence electrons. The summed E-state index contributed by atoms with van der Waals surface area (Å²) in [7, 11) is 0. The van der Waals surface area contributed by atoms with Crippen LogP contribution in [0.4, 0.5) is 0 Å². The molecule has 1 saturated heterocycles. The van der Waals surface area contributed by atoms with Gasteiger partial charge in [0.25, 0.3) is 0 Å². The van der Waals surface area contributed by atoms with Crippen molar-refractivity contribution < 1.29 is 4.74 Å². The zero-order valence-corrected chi connectivity index (χ0v) is 13.8. The molecule has 3 nitrogen and oxygen atoms in total. The van der Waals surface area contributed by atoms with Crippen molar-refractivity contribution in [3.63, 3.8) is 0 Å². The summed E-state index contributed by atoms with van der Waals surface area (Å²) in [5.41, 5.74) is 2.79. The average molecular weight is 290 g/mol. The van der Waals surface area contributed by atoms with Crippen LogP contribution in [0.5, 0.6) is 5.75 Å². The lowest BCUT2D eigenvalue weighted by Gasteiger charge is -2.27. The molecular formula is C18H30N2O. The van der Waals surface area contributed by atoms with Gasteiger partial charge in [-0.1, -0.05) is 26.0 Å². The molecular weight excluding hydrogens is 260 g/mol. The third kappa shape index (κ3) is 5.01. The predicted molar refractivity (Wildman–Crippen MR) is 89.3 cm³/mol. The first-order valence-electron chi connectivity index (χ1n) is 8.39. The minimum absolute atomic E-state index is 0.514. The van der Waals surface area contributed by atoms with Crippen LogP contribution in [0.2, 0.25) is 0 Å². The van der Waals surface area contributed by atoms with Crippen molar-refractivity contribution in [2.45, 2.75) is 39.5 Å². The van der Waals surface area contributed by atoms with Crippen LogP contribution in [0.3, 0.4) is 0 Å². The molecule has 1 heterocycles. The first-order chi connectivity index (χ1) is 10.2. The number of nitrogens with one attached hydrogen (secondary N) is 1. The molecule has 1 aliphatic heterocycles. The Hall–Kier alpha value is -1.06. The van der Waals surface area contributed by atoms with Gasteiger partial charge < -0.3 is 15.0 Å². The summed E-state index contributed by atoms with van der Waals surface area (Å²) >= 11 is 0. The molecule has 0 amide bonds. The zero-order valence-electron chi connectivity index (χ0n) is 13.8. The normalized spacial score (nSPS) is 16.4. The first-order valence-corrected chi connectivity index (χ1v) is 8.39. The van der Waals surface area contributed by atoms with Gasteiger partial charge in [-0.05, 0) is 49.4 Å². The summed E-state index contributed by atoms with van der Waals surface area (Å²) in [4.78, 5) is 2.56. The topological polar surface area (TPSA) is 24.5 Å². The molecule has 1 N–H and O–H groups in total. The van der Waals surface area contributed by atoms with E-state index in [4.69, 9.17) is 4.74 Å². The van der Waals surface area contributed by atoms with Gasteiger partial charge in [0.1, 0.15) is 5.75 Å². The molecule has 0 radical (unpaired) electrons. The molecule has 0 unspecified atom stereocenters. The third-order valence-corrected chi connectivity index (χ3v) is 4.15. The minimum Gasteiger partial charge on any atom is -0.494 e. The highest BCUT2D eigenvalue weighted by atomic mass is 16.5. The van der Waals surface area contributed by atoms with Gasteiger partial charge >= 0.3 is 0 Å². The number of ether oxygens (including phenoxy) is 1. The van der Waals surface area contributed by atoms with Crippen molar-refractivity contribution in [1.82, 2.24) is 10.2 Å². The SMILES string of the molecule is CCOc1ccc(CCCN2CCNCC2)cc1C(C)C. The molecule has 0 bridgehead atoms. The Morgan fingerprint density at radius 3 is 2.67 bits per heavy atom. The zero-order chi connectivity index (χ0) is 15.1. The monoisotopic (exact) mass is 290 g/mol. The van der Waals surface area contributed by atoms with E-state index >= 15 is 0 Å². The fourth-order valence-corrected chi connectivity index (χ4v) is 2.93. The van der Waals surface area contributed by atoms with E-state index in [-0.39, 0.29) is 0 Å². The molecule has 0 aliphatic carbocycles. The van der Waals surface area contributed by atoms with Crippen LogP contribution in [0.25, 0.3) is 0 Å². The average Bonchev–Trinajstić information content (AvgIpc) is 2.50. The highest BCUT2D eigenvalue weighted by molar-refractivity contribution is 5.39. The van der Waals surface area contributed by atoms with E-state index in [2.05, 4.69) is 42.3 Å². The molecule has 0 saturated carbocycles. The maximum absolute atomic E-state index is 5.74. The predicted octanol–water partition coefficient (Wildman–Crippen LogP) is 3.05. The Balaban J connectivity index is 1.89. The van der Waals surface area contributed by atoms with Crippen LogP contribution in [0.15, 0.2) is 18.2 Å². The lowest BCUT2D eigenvalue weighted by molar-refractivity contribution is 0.238. The fourth-order valence-electron chi connectivity index (χ4n) is 2.93. The fraction of sp³-hybridized carbons (Fsp3) is 0.667. The van der Waals surface area contributed by atoms with Gasteiger partial charge in [0, 0.05) is 26.2 Å². The standard InChI is InChI=1S/C18H30N2O/c1-4-21-18-8-7-16(14-17(18)15(2)3)6-5-11-20-12-9-19-10-13-20/h7-8,14-15,19H,4-6,9-13H2,1-3H3. The van der Waals surface area contributed by atoms with Gasteiger partial charge in [-0.2, -0.15) is 0 Å². The van der Waals surface area contributed by atoms with Crippen molar-refractivity contribution in [3.05, 3.63) is 29.3 Å². The second-order valence-electron chi connectivity index (χ2n) is 6.16. The smallest absolute Gasteiger partial charge is 0.122 e. The lowest BCUT2D eigenvalue weighted by atomic mass is 9.97. The van der Waals surface area contributed by atoms with Gasteiger partial charge in [-0.15, -0.1) is 0 Å².